The van der Waals surface area contributed by atoms with E-state index in [1.807, 2.05) is 18.2 Å². The maximum Gasteiger partial charge on any atom is 0.222 e. The van der Waals surface area contributed by atoms with Crippen molar-refractivity contribution >= 4 is 5.91 Å². The fourth-order valence-electron chi connectivity index (χ4n) is 5.43. The summed E-state index contributed by atoms with van der Waals surface area (Å²) in [6.07, 6.45) is 12.5. The van der Waals surface area contributed by atoms with Crippen LogP contribution in [0.5, 0.6) is 5.88 Å². The van der Waals surface area contributed by atoms with Gasteiger partial charge in [-0.3, -0.25) is 4.79 Å². The van der Waals surface area contributed by atoms with Crippen LogP contribution in [0.4, 0.5) is 0 Å². The van der Waals surface area contributed by atoms with Crippen LogP contribution in [0.15, 0.2) is 24.4 Å². The highest BCUT2D eigenvalue weighted by Gasteiger charge is 2.52. The van der Waals surface area contributed by atoms with Crippen LogP contribution in [0.1, 0.15) is 64.2 Å². The monoisotopic (exact) mass is 372 g/mol. The number of pyridine rings is 1. The summed E-state index contributed by atoms with van der Waals surface area (Å²) in [5, 5.41) is 0. The van der Waals surface area contributed by atoms with E-state index in [0.29, 0.717) is 18.2 Å². The number of ether oxygens (including phenoxy) is 2. The second-order valence-electron chi connectivity index (χ2n) is 8.49. The Morgan fingerprint density at radius 1 is 1.26 bits per heavy atom. The molecule has 27 heavy (non-hydrogen) atoms. The average Bonchev–Trinajstić information content (AvgIpc) is 3.35. The van der Waals surface area contributed by atoms with E-state index in [1.54, 1.807) is 13.3 Å². The summed E-state index contributed by atoms with van der Waals surface area (Å²) in [5.41, 5.74) is -0.188. The smallest absolute Gasteiger partial charge is 0.222 e. The molecule has 1 aromatic heterocycles. The molecular formula is C22H32N2O3. The van der Waals surface area contributed by atoms with E-state index < -0.39 is 0 Å². The third-order valence-electron chi connectivity index (χ3n) is 7.03. The first kappa shape index (κ1) is 18.7. The van der Waals surface area contributed by atoms with Crippen molar-refractivity contribution in [2.24, 2.45) is 5.92 Å². The molecule has 5 heteroatoms. The van der Waals surface area contributed by atoms with Gasteiger partial charge < -0.3 is 14.4 Å². The Labute approximate surface area is 162 Å². The molecule has 0 aromatic carbocycles. The molecular weight excluding hydrogens is 340 g/mol. The quantitative estimate of drug-likeness (QED) is 0.758. The Hall–Kier alpha value is -1.62. The van der Waals surface area contributed by atoms with Crippen LogP contribution in [-0.2, 0) is 9.53 Å². The Balaban J connectivity index is 1.40. The maximum absolute atomic E-state index is 13.0. The highest BCUT2D eigenvalue weighted by Crippen LogP contribution is 2.43. The van der Waals surface area contributed by atoms with Crippen molar-refractivity contribution in [3.63, 3.8) is 0 Å². The molecule has 4 rings (SSSR count). The van der Waals surface area contributed by atoms with Gasteiger partial charge in [-0.2, -0.15) is 0 Å². The summed E-state index contributed by atoms with van der Waals surface area (Å²) < 4.78 is 12.1. The second-order valence-corrected chi connectivity index (χ2v) is 8.49. The second kappa shape index (κ2) is 8.17. The number of nitrogens with zero attached hydrogens (tertiary/aromatic N) is 2. The fourth-order valence-corrected chi connectivity index (χ4v) is 5.43. The number of carbonyl (C=O) groups is 1. The number of fused-ring (bicyclic) bond motifs is 1. The van der Waals surface area contributed by atoms with E-state index in [0.717, 1.165) is 44.6 Å². The number of likely N-dealkylation sites (tertiary alicyclic amines) is 1. The first-order valence-corrected chi connectivity index (χ1v) is 10.6. The van der Waals surface area contributed by atoms with Gasteiger partial charge in [0.2, 0.25) is 11.8 Å². The van der Waals surface area contributed by atoms with E-state index in [4.69, 9.17) is 9.47 Å². The van der Waals surface area contributed by atoms with Crippen molar-refractivity contribution in [2.75, 3.05) is 13.7 Å². The Morgan fingerprint density at radius 3 is 2.85 bits per heavy atom. The zero-order valence-electron chi connectivity index (χ0n) is 16.4. The lowest BCUT2D eigenvalue weighted by Gasteiger charge is -2.43. The summed E-state index contributed by atoms with van der Waals surface area (Å²) in [7, 11) is 1.80. The molecule has 0 N–H and O–H groups in total. The van der Waals surface area contributed by atoms with Crippen molar-refractivity contribution in [3.05, 3.63) is 24.4 Å². The van der Waals surface area contributed by atoms with Crippen LogP contribution in [0.25, 0.3) is 0 Å². The predicted molar refractivity (Wildman–Crippen MR) is 104 cm³/mol. The highest BCUT2D eigenvalue weighted by molar-refractivity contribution is 5.77. The predicted octanol–water partition coefficient (Wildman–Crippen LogP) is 3.97. The minimum absolute atomic E-state index is 0.0939. The van der Waals surface area contributed by atoms with Crippen LogP contribution in [0.2, 0.25) is 0 Å². The summed E-state index contributed by atoms with van der Waals surface area (Å²) in [4.78, 5) is 19.4. The van der Waals surface area contributed by atoms with Crippen molar-refractivity contribution in [1.29, 1.82) is 0 Å². The van der Waals surface area contributed by atoms with E-state index in [1.165, 1.54) is 25.7 Å². The SMILES string of the molecule is CO[C@@]12CCC(Oc3ccccn3)CC1N(C(=O)CCC1CCCC1)CC2. The molecule has 1 saturated heterocycles. The Morgan fingerprint density at radius 2 is 2.11 bits per heavy atom. The van der Waals surface area contributed by atoms with Gasteiger partial charge in [-0.1, -0.05) is 31.7 Å². The molecule has 0 radical (unpaired) electrons. The molecule has 0 bridgehead atoms. The molecule has 148 valence electrons. The van der Waals surface area contributed by atoms with Gasteiger partial charge in [-0.15, -0.1) is 0 Å². The standard InChI is InChI=1S/C22H32N2O3/c1-26-22-12-11-18(27-20-8-4-5-14-23-20)16-19(22)24(15-13-22)21(25)10-9-17-6-2-3-7-17/h4-5,8,14,17-19H,2-3,6-7,9-13,15-16H2,1H3/t18?,19?,22-/m1/s1. The summed E-state index contributed by atoms with van der Waals surface area (Å²) >= 11 is 0. The topological polar surface area (TPSA) is 51.7 Å². The van der Waals surface area contributed by atoms with Gasteiger partial charge >= 0.3 is 0 Å². The van der Waals surface area contributed by atoms with Gasteiger partial charge in [0.05, 0.1) is 11.6 Å². The minimum Gasteiger partial charge on any atom is -0.474 e. The number of aromatic nitrogens is 1. The van der Waals surface area contributed by atoms with Crippen LogP contribution in [0.3, 0.4) is 0 Å². The van der Waals surface area contributed by atoms with E-state index in [-0.39, 0.29) is 17.7 Å². The number of hydrogen-bond acceptors (Lipinski definition) is 4. The Bertz CT molecular complexity index is 632. The van der Waals surface area contributed by atoms with Gasteiger partial charge in [0.25, 0.3) is 0 Å². The van der Waals surface area contributed by atoms with E-state index in [2.05, 4.69) is 9.88 Å². The summed E-state index contributed by atoms with van der Waals surface area (Å²) in [5.74, 6) is 1.74. The zero-order valence-corrected chi connectivity index (χ0v) is 16.4. The fraction of sp³-hybridized carbons (Fsp3) is 0.727. The van der Waals surface area contributed by atoms with Gasteiger partial charge in [0.15, 0.2) is 0 Å². The third-order valence-corrected chi connectivity index (χ3v) is 7.03. The third kappa shape index (κ3) is 3.98. The largest absolute Gasteiger partial charge is 0.474 e. The molecule has 3 aliphatic rings. The number of amides is 1. The minimum atomic E-state index is -0.188. The zero-order chi connectivity index (χ0) is 18.7. The lowest BCUT2D eigenvalue weighted by Crippen LogP contribution is -2.53. The molecule has 2 unspecified atom stereocenters. The van der Waals surface area contributed by atoms with Crippen LogP contribution in [-0.4, -0.2) is 47.2 Å². The molecule has 1 aliphatic heterocycles. The van der Waals surface area contributed by atoms with Gasteiger partial charge in [0, 0.05) is 38.8 Å². The first-order chi connectivity index (χ1) is 13.2. The molecule has 3 atom stereocenters. The maximum atomic E-state index is 13.0. The summed E-state index contributed by atoms with van der Waals surface area (Å²) in [6.45, 7) is 0.818. The number of hydrogen-bond donors (Lipinski definition) is 0. The molecule has 2 aliphatic carbocycles. The van der Waals surface area contributed by atoms with Crippen LogP contribution in [0, 0.1) is 5.92 Å². The van der Waals surface area contributed by atoms with Crippen LogP contribution >= 0.6 is 0 Å². The van der Waals surface area contributed by atoms with Crippen molar-refractivity contribution in [1.82, 2.24) is 9.88 Å². The van der Waals surface area contributed by atoms with E-state index >= 15 is 0 Å². The van der Waals surface area contributed by atoms with Gasteiger partial charge in [-0.05, 0) is 37.7 Å². The van der Waals surface area contributed by atoms with E-state index in [9.17, 15) is 4.79 Å². The molecule has 5 nitrogen and oxygen atoms in total. The van der Waals surface area contributed by atoms with Crippen molar-refractivity contribution in [3.8, 4) is 5.88 Å². The molecule has 3 fully saturated rings. The number of methoxy groups -OCH3 is 1. The van der Waals surface area contributed by atoms with Gasteiger partial charge in [0.1, 0.15) is 6.10 Å². The molecule has 1 amide bonds. The van der Waals surface area contributed by atoms with Crippen molar-refractivity contribution in [2.45, 2.75) is 82.0 Å². The highest BCUT2D eigenvalue weighted by atomic mass is 16.5. The summed E-state index contributed by atoms with van der Waals surface area (Å²) in [6, 6.07) is 5.86. The molecule has 1 aromatic rings. The lowest BCUT2D eigenvalue weighted by molar-refractivity contribution is -0.139. The normalized spacial score (nSPS) is 31.1. The van der Waals surface area contributed by atoms with Gasteiger partial charge in [-0.25, -0.2) is 4.98 Å². The van der Waals surface area contributed by atoms with Crippen LogP contribution < -0.4 is 4.74 Å². The molecule has 2 heterocycles. The van der Waals surface area contributed by atoms with Crippen molar-refractivity contribution < 1.29 is 14.3 Å². The number of rotatable bonds is 6. The average molecular weight is 373 g/mol. The first-order valence-electron chi connectivity index (χ1n) is 10.6. The lowest BCUT2D eigenvalue weighted by atomic mass is 9.79. The molecule has 0 spiro atoms. The number of carbonyl (C=O) groups excluding carboxylic acids is 1. The molecule has 2 saturated carbocycles. The Kier molecular flexibility index (Phi) is 5.67.